The van der Waals surface area contributed by atoms with Gasteiger partial charge in [0.25, 0.3) is 0 Å². The molecule has 110 valence electrons. The summed E-state index contributed by atoms with van der Waals surface area (Å²) >= 11 is 0. The first-order valence-electron chi connectivity index (χ1n) is 6.45. The molecule has 0 aromatic heterocycles. The Hall–Kier alpha value is -1.30. The number of amides is 1. The molecule has 1 aliphatic rings. The molecule has 2 unspecified atom stereocenters. The summed E-state index contributed by atoms with van der Waals surface area (Å²) in [5.41, 5.74) is -0.551. The normalized spacial score (nSPS) is 23.9. The lowest BCUT2D eigenvalue weighted by Gasteiger charge is -2.36. The zero-order chi connectivity index (χ0) is 14.6. The van der Waals surface area contributed by atoms with Gasteiger partial charge >= 0.3 is 12.1 Å². The fourth-order valence-corrected chi connectivity index (χ4v) is 2.01. The molecule has 1 rings (SSSR count). The molecule has 19 heavy (non-hydrogen) atoms. The highest BCUT2D eigenvalue weighted by Crippen LogP contribution is 2.22. The maximum atomic E-state index is 11.9. The molecule has 1 N–H and O–H groups in total. The number of rotatable bonds is 2. The van der Waals surface area contributed by atoms with Crippen LogP contribution in [0.15, 0.2) is 0 Å². The van der Waals surface area contributed by atoms with Crippen molar-refractivity contribution in [1.29, 1.82) is 0 Å². The van der Waals surface area contributed by atoms with Gasteiger partial charge in [0, 0.05) is 19.0 Å². The zero-order valence-electron chi connectivity index (χ0n) is 12.0. The number of aliphatic hydroxyl groups is 1. The average molecular weight is 273 g/mol. The SMILES string of the molecule is COC(=O)CC1CN(C(=O)OC(C)(C)C)CCC1O. The first-order chi connectivity index (χ1) is 8.73. The lowest BCUT2D eigenvalue weighted by molar-refractivity contribution is -0.143. The molecular weight excluding hydrogens is 250 g/mol. The molecule has 2 atom stereocenters. The number of esters is 1. The van der Waals surface area contributed by atoms with Crippen molar-refractivity contribution in [1.82, 2.24) is 4.90 Å². The lowest BCUT2D eigenvalue weighted by atomic mass is 9.92. The van der Waals surface area contributed by atoms with Crippen LogP contribution in [0, 0.1) is 5.92 Å². The zero-order valence-corrected chi connectivity index (χ0v) is 12.0. The van der Waals surface area contributed by atoms with E-state index in [1.165, 1.54) is 12.0 Å². The molecule has 6 heteroatoms. The van der Waals surface area contributed by atoms with E-state index < -0.39 is 17.8 Å². The van der Waals surface area contributed by atoms with E-state index in [9.17, 15) is 14.7 Å². The Balaban J connectivity index is 2.58. The molecule has 0 aromatic rings. The van der Waals surface area contributed by atoms with Gasteiger partial charge < -0.3 is 19.5 Å². The molecule has 1 fully saturated rings. The largest absolute Gasteiger partial charge is 0.469 e. The second-order valence-corrected chi connectivity index (χ2v) is 5.82. The molecule has 0 saturated carbocycles. The highest BCUT2D eigenvalue weighted by atomic mass is 16.6. The molecule has 1 heterocycles. The third-order valence-corrected chi connectivity index (χ3v) is 3.00. The molecule has 0 radical (unpaired) electrons. The van der Waals surface area contributed by atoms with Gasteiger partial charge in [-0.3, -0.25) is 4.79 Å². The third-order valence-electron chi connectivity index (χ3n) is 3.00. The van der Waals surface area contributed by atoms with Crippen molar-refractivity contribution in [2.24, 2.45) is 5.92 Å². The van der Waals surface area contributed by atoms with Crippen LogP contribution in [-0.4, -0.2) is 54.0 Å². The standard InChI is InChI=1S/C13H23NO5/c1-13(2,3)19-12(17)14-6-5-10(15)9(8-14)7-11(16)18-4/h9-10,15H,5-8H2,1-4H3. The Morgan fingerprint density at radius 2 is 2.00 bits per heavy atom. The number of hydrogen-bond donors (Lipinski definition) is 1. The van der Waals surface area contributed by atoms with E-state index in [1.807, 2.05) is 0 Å². The first kappa shape index (κ1) is 15.8. The van der Waals surface area contributed by atoms with Crippen molar-refractivity contribution >= 4 is 12.1 Å². The molecule has 0 aromatic carbocycles. The van der Waals surface area contributed by atoms with Gasteiger partial charge in [0.05, 0.1) is 19.6 Å². The summed E-state index contributed by atoms with van der Waals surface area (Å²) in [5, 5.41) is 9.86. The van der Waals surface area contributed by atoms with Crippen LogP contribution < -0.4 is 0 Å². The van der Waals surface area contributed by atoms with Crippen LogP contribution in [0.5, 0.6) is 0 Å². The first-order valence-corrected chi connectivity index (χ1v) is 6.45. The fraction of sp³-hybridized carbons (Fsp3) is 0.846. The maximum Gasteiger partial charge on any atom is 0.410 e. The Kier molecular flexibility index (Phi) is 5.17. The van der Waals surface area contributed by atoms with E-state index in [4.69, 9.17) is 4.74 Å². The van der Waals surface area contributed by atoms with Crippen LogP contribution in [0.1, 0.15) is 33.6 Å². The summed E-state index contributed by atoms with van der Waals surface area (Å²) < 4.78 is 9.87. The van der Waals surface area contributed by atoms with Crippen LogP contribution in [0.25, 0.3) is 0 Å². The molecule has 1 saturated heterocycles. The molecule has 1 aliphatic heterocycles. The summed E-state index contributed by atoms with van der Waals surface area (Å²) in [5.74, 6) is -0.677. The summed E-state index contributed by atoms with van der Waals surface area (Å²) in [6, 6.07) is 0. The van der Waals surface area contributed by atoms with Crippen molar-refractivity contribution in [3.8, 4) is 0 Å². The summed E-state index contributed by atoms with van der Waals surface area (Å²) in [7, 11) is 1.31. The van der Waals surface area contributed by atoms with E-state index in [1.54, 1.807) is 20.8 Å². The van der Waals surface area contributed by atoms with E-state index in [0.717, 1.165) is 0 Å². The minimum Gasteiger partial charge on any atom is -0.469 e. The van der Waals surface area contributed by atoms with Gasteiger partial charge in [0.15, 0.2) is 0 Å². The number of methoxy groups -OCH3 is 1. The Morgan fingerprint density at radius 3 is 2.53 bits per heavy atom. The van der Waals surface area contributed by atoms with E-state index >= 15 is 0 Å². The monoisotopic (exact) mass is 273 g/mol. The van der Waals surface area contributed by atoms with Crippen LogP contribution in [0.3, 0.4) is 0 Å². The molecule has 0 bridgehead atoms. The maximum absolute atomic E-state index is 11.9. The van der Waals surface area contributed by atoms with Gasteiger partial charge in [0.2, 0.25) is 0 Å². The minimum absolute atomic E-state index is 0.108. The number of hydrogen-bond acceptors (Lipinski definition) is 5. The van der Waals surface area contributed by atoms with Crippen molar-refractivity contribution in [3.05, 3.63) is 0 Å². The number of carbonyl (C=O) groups is 2. The summed E-state index contributed by atoms with van der Waals surface area (Å²) in [4.78, 5) is 24.7. The van der Waals surface area contributed by atoms with Crippen LogP contribution in [-0.2, 0) is 14.3 Å². The summed E-state index contributed by atoms with van der Waals surface area (Å²) in [6.45, 7) is 6.15. The summed E-state index contributed by atoms with van der Waals surface area (Å²) in [6.07, 6.45) is -0.440. The predicted octanol–water partition coefficient (Wildman–Crippen LogP) is 1.17. The lowest BCUT2D eigenvalue weighted by Crippen LogP contribution is -2.48. The molecular formula is C13H23NO5. The third kappa shape index (κ3) is 5.06. The molecule has 6 nitrogen and oxygen atoms in total. The molecule has 1 amide bonds. The molecule has 0 spiro atoms. The number of piperidine rings is 1. The number of likely N-dealkylation sites (tertiary alicyclic amines) is 1. The van der Waals surface area contributed by atoms with Crippen molar-refractivity contribution in [2.45, 2.75) is 45.3 Å². The fourth-order valence-electron chi connectivity index (χ4n) is 2.01. The Labute approximate surface area is 113 Å². The van der Waals surface area contributed by atoms with Gasteiger partial charge in [-0.25, -0.2) is 4.79 Å². The quantitative estimate of drug-likeness (QED) is 0.764. The Bertz CT molecular complexity index is 336. The van der Waals surface area contributed by atoms with Crippen LogP contribution in [0.4, 0.5) is 4.79 Å². The van der Waals surface area contributed by atoms with Gasteiger partial charge in [-0.15, -0.1) is 0 Å². The number of carbonyl (C=O) groups excluding carboxylic acids is 2. The minimum atomic E-state index is -0.585. The van der Waals surface area contributed by atoms with E-state index in [0.29, 0.717) is 19.5 Å². The van der Waals surface area contributed by atoms with Gasteiger partial charge in [-0.05, 0) is 27.2 Å². The van der Waals surface area contributed by atoms with Gasteiger partial charge in [-0.2, -0.15) is 0 Å². The van der Waals surface area contributed by atoms with Crippen molar-refractivity contribution in [2.75, 3.05) is 20.2 Å². The number of aliphatic hydroxyl groups excluding tert-OH is 1. The highest BCUT2D eigenvalue weighted by molar-refractivity contribution is 5.70. The highest BCUT2D eigenvalue weighted by Gasteiger charge is 2.33. The van der Waals surface area contributed by atoms with Crippen molar-refractivity contribution in [3.63, 3.8) is 0 Å². The van der Waals surface area contributed by atoms with E-state index in [-0.39, 0.29) is 18.3 Å². The smallest absolute Gasteiger partial charge is 0.410 e. The number of ether oxygens (including phenoxy) is 2. The Morgan fingerprint density at radius 1 is 1.37 bits per heavy atom. The molecule has 0 aliphatic carbocycles. The van der Waals surface area contributed by atoms with Crippen LogP contribution in [0.2, 0.25) is 0 Å². The average Bonchev–Trinajstić information content (AvgIpc) is 2.29. The van der Waals surface area contributed by atoms with Gasteiger partial charge in [0.1, 0.15) is 5.60 Å². The second kappa shape index (κ2) is 6.23. The van der Waals surface area contributed by atoms with Crippen molar-refractivity contribution < 1.29 is 24.2 Å². The van der Waals surface area contributed by atoms with Gasteiger partial charge in [-0.1, -0.05) is 0 Å². The second-order valence-electron chi connectivity index (χ2n) is 5.82. The topological polar surface area (TPSA) is 76.1 Å². The van der Waals surface area contributed by atoms with Crippen LogP contribution >= 0.6 is 0 Å². The number of nitrogens with zero attached hydrogens (tertiary/aromatic N) is 1. The van der Waals surface area contributed by atoms with E-state index in [2.05, 4.69) is 4.74 Å². The predicted molar refractivity (Wildman–Crippen MR) is 68.6 cm³/mol.